The predicted molar refractivity (Wildman–Crippen MR) is 109 cm³/mol. The van der Waals surface area contributed by atoms with Gasteiger partial charge < -0.3 is 20.8 Å². The van der Waals surface area contributed by atoms with Gasteiger partial charge in [-0.1, -0.05) is 24.3 Å². The molecule has 0 aliphatic rings. The molecule has 2 amide bonds. The number of aromatic amines is 1. The summed E-state index contributed by atoms with van der Waals surface area (Å²) in [6, 6.07) is 8.58. The van der Waals surface area contributed by atoms with Gasteiger partial charge in [0.05, 0.1) is 16.8 Å². The second-order valence-electron chi connectivity index (χ2n) is 6.37. The molecule has 0 fully saturated rings. The van der Waals surface area contributed by atoms with Crippen molar-refractivity contribution in [1.29, 1.82) is 0 Å². The van der Waals surface area contributed by atoms with Crippen molar-refractivity contribution in [2.24, 2.45) is 5.73 Å². The van der Waals surface area contributed by atoms with Crippen molar-refractivity contribution in [2.45, 2.75) is 12.7 Å². The molecule has 12 heteroatoms. The molecule has 0 aliphatic heterocycles. The van der Waals surface area contributed by atoms with Gasteiger partial charge in [-0.2, -0.15) is 18.2 Å². The summed E-state index contributed by atoms with van der Waals surface area (Å²) in [5.41, 5.74) is 3.45. The smallest absolute Gasteiger partial charge is 0.416 e. The highest BCUT2D eigenvalue weighted by Gasteiger charge is 2.33. The average Bonchev–Trinajstić information content (AvgIpc) is 2.74. The van der Waals surface area contributed by atoms with E-state index in [1.807, 2.05) is 0 Å². The van der Waals surface area contributed by atoms with Crippen LogP contribution in [0, 0.1) is 0 Å². The number of hydrogen-bond acceptors (Lipinski definition) is 5. The molecule has 0 atom stereocenters. The number of alkyl halides is 4. The zero-order valence-corrected chi connectivity index (χ0v) is 16.3. The average molecular weight is 451 g/mol. The minimum atomic E-state index is -4.65. The number of amides is 2. The van der Waals surface area contributed by atoms with Gasteiger partial charge in [0.15, 0.2) is 0 Å². The Bertz CT molecular complexity index is 1180. The molecule has 1 heterocycles. The third-order valence-corrected chi connectivity index (χ3v) is 4.32. The van der Waals surface area contributed by atoms with E-state index in [0.29, 0.717) is 0 Å². The number of carbonyl (C=O) groups is 1. The van der Waals surface area contributed by atoms with E-state index in [1.165, 1.54) is 24.3 Å². The Hall–Kier alpha value is -3.93. The fourth-order valence-electron chi connectivity index (χ4n) is 2.87. The number of urea groups is 1. The summed E-state index contributed by atoms with van der Waals surface area (Å²) >= 11 is 0. The van der Waals surface area contributed by atoms with Crippen LogP contribution in [0.15, 0.2) is 53.5 Å². The molecule has 0 radical (unpaired) electrons. The Kier molecular flexibility index (Phi) is 6.73. The molecule has 5 N–H and O–H groups in total. The van der Waals surface area contributed by atoms with Gasteiger partial charge in [0.2, 0.25) is 12.8 Å². The summed E-state index contributed by atoms with van der Waals surface area (Å²) in [5.74, 6) is -0.168. The molecular weight excluding hydrogens is 434 g/mol. The fourth-order valence-corrected chi connectivity index (χ4v) is 2.87. The van der Waals surface area contributed by atoms with Gasteiger partial charge in [0.1, 0.15) is 5.75 Å². The van der Waals surface area contributed by atoms with Crippen LogP contribution in [0.2, 0.25) is 0 Å². The summed E-state index contributed by atoms with van der Waals surface area (Å²) in [6.45, 7) is -1.42. The van der Waals surface area contributed by atoms with Gasteiger partial charge in [0, 0.05) is 12.7 Å². The molecule has 3 rings (SSSR count). The quantitative estimate of drug-likeness (QED) is 0.424. The van der Waals surface area contributed by atoms with E-state index in [0.717, 1.165) is 12.3 Å². The van der Waals surface area contributed by atoms with Crippen LogP contribution in [0.3, 0.4) is 0 Å². The summed E-state index contributed by atoms with van der Waals surface area (Å²) in [5, 5.41) is 4.68. The SMILES string of the molecule is NCc1ccc(-c2c[nH]c(NC(=O)Nc3ccccc3OCF)nc2=O)cc1C(F)(F)F. The van der Waals surface area contributed by atoms with E-state index in [2.05, 4.69) is 20.6 Å². The van der Waals surface area contributed by atoms with E-state index in [1.54, 1.807) is 12.1 Å². The maximum Gasteiger partial charge on any atom is 0.416 e. The number of para-hydroxylation sites is 2. The molecule has 0 aliphatic carbocycles. The number of benzene rings is 2. The third kappa shape index (κ3) is 5.21. The van der Waals surface area contributed by atoms with Crippen molar-refractivity contribution >= 4 is 17.7 Å². The Labute approximate surface area is 178 Å². The number of anilines is 2. The number of ether oxygens (including phenoxy) is 1. The first-order valence-electron chi connectivity index (χ1n) is 9.09. The van der Waals surface area contributed by atoms with Crippen LogP contribution in [0.25, 0.3) is 11.1 Å². The topological polar surface area (TPSA) is 122 Å². The molecule has 2 aromatic carbocycles. The Morgan fingerprint density at radius 3 is 2.56 bits per heavy atom. The van der Waals surface area contributed by atoms with Crippen LogP contribution in [-0.2, 0) is 12.7 Å². The molecule has 0 saturated heterocycles. The monoisotopic (exact) mass is 451 g/mol. The number of nitrogens with zero attached hydrogens (tertiary/aromatic N) is 1. The summed E-state index contributed by atoms with van der Waals surface area (Å²) in [4.78, 5) is 30.7. The maximum absolute atomic E-state index is 13.3. The van der Waals surface area contributed by atoms with E-state index in [-0.39, 0.29) is 40.6 Å². The van der Waals surface area contributed by atoms with Crippen LogP contribution >= 0.6 is 0 Å². The minimum absolute atomic E-state index is 0.0171. The van der Waals surface area contributed by atoms with Crippen LogP contribution in [0.4, 0.5) is 34.0 Å². The lowest BCUT2D eigenvalue weighted by Gasteiger charge is -2.13. The molecule has 0 spiro atoms. The lowest BCUT2D eigenvalue weighted by atomic mass is 10.0. The minimum Gasteiger partial charge on any atom is -0.461 e. The Morgan fingerprint density at radius 1 is 1.16 bits per heavy atom. The lowest BCUT2D eigenvalue weighted by Crippen LogP contribution is -2.23. The number of nitrogens with one attached hydrogen (secondary N) is 3. The number of carbonyl (C=O) groups excluding carboxylic acids is 1. The second-order valence-corrected chi connectivity index (χ2v) is 6.37. The van der Waals surface area contributed by atoms with Crippen molar-refractivity contribution in [3.8, 4) is 16.9 Å². The first-order valence-corrected chi connectivity index (χ1v) is 9.09. The van der Waals surface area contributed by atoms with Gasteiger partial charge >= 0.3 is 12.2 Å². The summed E-state index contributed by atoms with van der Waals surface area (Å²) < 4.78 is 56.9. The van der Waals surface area contributed by atoms with Crippen molar-refractivity contribution in [2.75, 3.05) is 17.5 Å². The van der Waals surface area contributed by atoms with E-state index in [9.17, 15) is 27.2 Å². The number of hydrogen-bond donors (Lipinski definition) is 4. The molecular formula is C20H17F4N5O3. The molecule has 0 unspecified atom stereocenters. The van der Waals surface area contributed by atoms with E-state index >= 15 is 0 Å². The number of nitrogens with two attached hydrogens (primary N) is 1. The molecule has 0 bridgehead atoms. The highest BCUT2D eigenvalue weighted by Crippen LogP contribution is 2.34. The summed E-state index contributed by atoms with van der Waals surface area (Å²) in [6.07, 6.45) is -3.52. The van der Waals surface area contributed by atoms with Crippen LogP contribution in [-0.4, -0.2) is 22.9 Å². The third-order valence-electron chi connectivity index (χ3n) is 4.32. The second kappa shape index (κ2) is 9.47. The van der Waals surface area contributed by atoms with Crippen molar-refractivity contribution in [3.63, 3.8) is 0 Å². The zero-order chi connectivity index (χ0) is 23.3. The van der Waals surface area contributed by atoms with Crippen molar-refractivity contribution in [1.82, 2.24) is 9.97 Å². The van der Waals surface area contributed by atoms with Crippen molar-refractivity contribution < 1.29 is 27.1 Å². The van der Waals surface area contributed by atoms with E-state index < -0.39 is 30.2 Å². The molecule has 0 saturated carbocycles. The van der Waals surface area contributed by atoms with Gasteiger partial charge in [-0.3, -0.25) is 10.1 Å². The van der Waals surface area contributed by atoms with Crippen LogP contribution in [0.5, 0.6) is 5.75 Å². The molecule has 1 aromatic heterocycles. The molecule has 168 valence electrons. The fraction of sp³-hybridized carbons (Fsp3) is 0.150. The zero-order valence-electron chi connectivity index (χ0n) is 16.3. The predicted octanol–water partition coefficient (Wildman–Crippen LogP) is 3.86. The van der Waals surface area contributed by atoms with Gasteiger partial charge in [-0.25, -0.2) is 9.18 Å². The molecule has 3 aromatic rings. The Morgan fingerprint density at radius 2 is 1.91 bits per heavy atom. The maximum atomic E-state index is 13.3. The number of rotatable bonds is 6. The first-order chi connectivity index (χ1) is 15.2. The van der Waals surface area contributed by atoms with Crippen LogP contribution in [0.1, 0.15) is 11.1 Å². The normalized spacial score (nSPS) is 11.2. The van der Waals surface area contributed by atoms with Crippen molar-refractivity contribution in [3.05, 3.63) is 70.1 Å². The molecule has 8 nitrogen and oxygen atoms in total. The molecule has 32 heavy (non-hydrogen) atoms. The lowest BCUT2D eigenvalue weighted by molar-refractivity contribution is -0.138. The standard InChI is InChI=1S/C20H17F4N5O3/c21-10-32-16-4-2-1-3-15(16)27-19(31)29-18-26-9-13(17(30)28-18)11-5-6-12(8-25)14(7-11)20(22,23)24/h1-7,9H,8,10,25H2,(H3,26,27,28,29,30,31). The number of H-pyrrole nitrogens is 1. The highest BCUT2D eigenvalue weighted by atomic mass is 19.4. The largest absolute Gasteiger partial charge is 0.461 e. The Balaban J connectivity index is 1.80. The van der Waals surface area contributed by atoms with Gasteiger partial charge in [-0.15, -0.1) is 0 Å². The van der Waals surface area contributed by atoms with Gasteiger partial charge in [0.25, 0.3) is 5.56 Å². The number of halogens is 4. The van der Waals surface area contributed by atoms with Gasteiger partial charge in [-0.05, 0) is 29.3 Å². The van der Waals surface area contributed by atoms with Crippen LogP contribution < -0.4 is 26.7 Å². The first kappa shape index (κ1) is 22.7. The summed E-state index contributed by atoms with van der Waals surface area (Å²) in [7, 11) is 0. The van der Waals surface area contributed by atoms with E-state index in [4.69, 9.17) is 10.5 Å². The number of aromatic nitrogens is 2. The highest BCUT2D eigenvalue weighted by molar-refractivity contribution is 5.99.